The Morgan fingerprint density at radius 3 is 2.54 bits per heavy atom. The predicted molar refractivity (Wildman–Crippen MR) is 140 cm³/mol. The second-order valence-electron chi connectivity index (χ2n) is 8.29. The number of sulfonamides is 1. The summed E-state index contributed by atoms with van der Waals surface area (Å²) in [5, 5.41) is 17.4. The number of aromatic nitrogens is 3. The molecule has 15 heteroatoms. The average Bonchev–Trinajstić information content (AvgIpc) is 2.90. The lowest BCUT2D eigenvalue weighted by Gasteiger charge is -2.16. The highest BCUT2D eigenvalue weighted by Gasteiger charge is 2.35. The van der Waals surface area contributed by atoms with Crippen LogP contribution in [0.25, 0.3) is 0 Å². The van der Waals surface area contributed by atoms with Crippen LogP contribution in [0.3, 0.4) is 0 Å². The number of hydrogen-bond donors (Lipinski definition) is 5. The van der Waals surface area contributed by atoms with E-state index in [4.69, 9.17) is 0 Å². The summed E-state index contributed by atoms with van der Waals surface area (Å²) in [6.07, 6.45) is -2.28. The van der Waals surface area contributed by atoms with Gasteiger partial charge in [0.2, 0.25) is 16.0 Å². The van der Waals surface area contributed by atoms with Gasteiger partial charge in [-0.1, -0.05) is 19.1 Å². The van der Waals surface area contributed by atoms with E-state index in [0.29, 0.717) is 23.9 Å². The molecule has 2 heterocycles. The number of aliphatic hydroxyl groups is 1. The van der Waals surface area contributed by atoms with Gasteiger partial charge < -0.3 is 21.1 Å². The lowest BCUT2D eigenvalue weighted by atomic mass is 10.1. The Hall–Kier alpha value is -3.98. The van der Waals surface area contributed by atoms with Gasteiger partial charge in [0.15, 0.2) is 0 Å². The van der Waals surface area contributed by atoms with Gasteiger partial charge in [0.1, 0.15) is 17.2 Å². The monoisotopic (exact) mass is 567 g/mol. The normalized spacial score (nSPS) is 12.5. The average molecular weight is 568 g/mol. The number of carbonyl (C=O) groups is 1. The second-order valence-corrected chi connectivity index (χ2v) is 10.3. The fourth-order valence-corrected chi connectivity index (χ4v) is 3.89. The van der Waals surface area contributed by atoms with Gasteiger partial charge in [0, 0.05) is 35.8 Å². The van der Waals surface area contributed by atoms with Crippen molar-refractivity contribution >= 4 is 39.2 Å². The van der Waals surface area contributed by atoms with Crippen molar-refractivity contribution in [1.82, 2.24) is 20.3 Å². The predicted octanol–water partition coefficient (Wildman–Crippen LogP) is 3.51. The molecular formula is C24H28F3N7O4S. The van der Waals surface area contributed by atoms with Gasteiger partial charge in [-0.15, -0.1) is 0 Å². The molecule has 0 radical (unpaired) electrons. The highest BCUT2D eigenvalue weighted by Crippen LogP contribution is 2.34. The standard InChI is InChI=1S/C24H28F3N7O4S/c1-3-17(14-35)31-22(36)15-7-5-9-18(11-15)32-23-30-13-19(24(25,26)27)21(33-23)29-12-16-8-6-10-28-20(16)34-39(37,38)4-2/h5-11,13,17,35H,3-4,12,14H2,1-2H3,(H,28,34)(H,31,36)(H2,29,30,32,33)/t17-/m1/s1. The van der Waals surface area contributed by atoms with Crippen molar-refractivity contribution in [1.29, 1.82) is 0 Å². The summed E-state index contributed by atoms with van der Waals surface area (Å²) in [7, 11) is -3.67. The third-order valence-corrected chi connectivity index (χ3v) is 6.76. The topological polar surface area (TPSA) is 158 Å². The number of carbonyl (C=O) groups excluding carboxylic acids is 1. The van der Waals surface area contributed by atoms with Crippen LogP contribution in [0.15, 0.2) is 48.8 Å². The number of hydrogen-bond acceptors (Lipinski definition) is 9. The van der Waals surface area contributed by atoms with E-state index in [-0.39, 0.29) is 36.2 Å². The maximum absolute atomic E-state index is 13.7. The number of amides is 1. The molecule has 1 atom stereocenters. The van der Waals surface area contributed by atoms with Crippen molar-refractivity contribution in [2.45, 2.75) is 39.0 Å². The van der Waals surface area contributed by atoms with Crippen LogP contribution >= 0.6 is 0 Å². The third-order valence-electron chi connectivity index (χ3n) is 5.49. The maximum Gasteiger partial charge on any atom is 0.421 e. The first-order chi connectivity index (χ1) is 18.5. The minimum absolute atomic E-state index is 0.0191. The third kappa shape index (κ3) is 8.25. The van der Waals surface area contributed by atoms with Gasteiger partial charge >= 0.3 is 6.18 Å². The summed E-state index contributed by atoms with van der Waals surface area (Å²) in [5.41, 5.74) is -0.233. The van der Waals surface area contributed by atoms with Crippen molar-refractivity contribution < 1.29 is 31.5 Å². The number of halogens is 3. The van der Waals surface area contributed by atoms with E-state index in [1.807, 2.05) is 6.92 Å². The van der Waals surface area contributed by atoms with Gasteiger partial charge in [0.05, 0.1) is 18.4 Å². The Bertz CT molecular complexity index is 1400. The van der Waals surface area contributed by atoms with Crippen LogP contribution in [0.2, 0.25) is 0 Å². The van der Waals surface area contributed by atoms with Crippen LogP contribution in [-0.2, 0) is 22.7 Å². The Labute approximate surface area is 223 Å². The number of nitrogens with one attached hydrogen (secondary N) is 4. The summed E-state index contributed by atoms with van der Waals surface area (Å²) >= 11 is 0. The maximum atomic E-state index is 13.7. The molecule has 1 amide bonds. The van der Waals surface area contributed by atoms with E-state index >= 15 is 0 Å². The Kier molecular flexibility index (Phi) is 9.64. The molecular weight excluding hydrogens is 539 g/mol. The lowest BCUT2D eigenvalue weighted by Crippen LogP contribution is -2.36. The molecule has 210 valence electrons. The molecule has 2 aromatic heterocycles. The molecule has 0 unspecified atom stereocenters. The highest BCUT2D eigenvalue weighted by molar-refractivity contribution is 7.92. The van der Waals surface area contributed by atoms with E-state index < -0.39 is 39.5 Å². The number of benzene rings is 1. The minimum atomic E-state index is -4.77. The number of rotatable bonds is 12. The Morgan fingerprint density at radius 1 is 1.10 bits per heavy atom. The quantitative estimate of drug-likeness (QED) is 0.221. The Balaban J connectivity index is 1.84. The highest BCUT2D eigenvalue weighted by atomic mass is 32.2. The number of alkyl halides is 3. The van der Waals surface area contributed by atoms with E-state index in [9.17, 15) is 31.5 Å². The van der Waals surface area contributed by atoms with Crippen molar-refractivity contribution in [2.24, 2.45) is 0 Å². The number of aliphatic hydroxyl groups excluding tert-OH is 1. The number of pyridine rings is 1. The van der Waals surface area contributed by atoms with Crippen LogP contribution in [0.4, 0.5) is 36.4 Å². The first-order valence-corrected chi connectivity index (χ1v) is 13.5. The van der Waals surface area contributed by atoms with E-state index in [1.165, 1.54) is 31.3 Å². The zero-order chi connectivity index (χ0) is 28.6. The zero-order valence-corrected chi connectivity index (χ0v) is 21.9. The molecule has 0 saturated carbocycles. The zero-order valence-electron chi connectivity index (χ0n) is 21.1. The summed E-state index contributed by atoms with van der Waals surface area (Å²) in [6.45, 7) is 2.80. The van der Waals surface area contributed by atoms with Gasteiger partial charge in [-0.05, 0) is 37.6 Å². The van der Waals surface area contributed by atoms with E-state index in [2.05, 4.69) is 35.6 Å². The lowest BCUT2D eigenvalue weighted by molar-refractivity contribution is -0.137. The first-order valence-electron chi connectivity index (χ1n) is 11.9. The molecule has 0 bridgehead atoms. The SMILES string of the molecule is CC[C@H](CO)NC(=O)c1cccc(Nc2ncc(C(F)(F)F)c(NCc3cccnc3NS(=O)(=O)CC)n2)c1. The van der Waals surface area contributed by atoms with Gasteiger partial charge in [-0.3, -0.25) is 9.52 Å². The van der Waals surface area contributed by atoms with E-state index in [0.717, 1.165) is 0 Å². The molecule has 0 saturated heterocycles. The van der Waals surface area contributed by atoms with Crippen molar-refractivity contribution in [3.8, 4) is 0 Å². The minimum Gasteiger partial charge on any atom is -0.394 e. The smallest absolute Gasteiger partial charge is 0.394 e. The number of anilines is 4. The molecule has 0 spiro atoms. The second kappa shape index (κ2) is 12.7. The summed E-state index contributed by atoms with van der Waals surface area (Å²) in [4.78, 5) is 24.2. The summed E-state index contributed by atoms with van der Waals surface area (Å²) in [5.74, 6) is -1.38. The molecule has 11 nitrogen and oxygen atoms in total. The van der Waals surface area contributed by atoms with Crippen molar-refractivity contribution in [3.05, 3.63) is 65.5 Å². The molecule has 5 N–H and O–H groups in total. The molecule has 3 aromatic rings. The van der Waals surface area contributed by atoms with Crippen LogP contribution in [0.1, 0.15) is 41.8 Å². The molecule has 3 rings (SSSR count). The fourth-order valence-electron chi connectivity index (χ4n) is 3.27. The molecule has 0 aliphatic carbocycles. The summed E-state index contributed by atoms with van der Waals surface area (Å²) < 4.78 is 67.3. The molecule has 1 aromatic carbocycles. The van der Waals surface area contributed by atoms with Crippen molar-refractivity contribution in [2.75, 3.05) is 27.7 Å². The van der Waals surface area contributed by atoms with Crippen LogP contribution in [0, 0.1) is 0 Å². The molecule has 0 aliphatic heterocycles. The van der Waals surface area contributed by atoms with Crippen LogP contribution in [0.5, 0.6) is 0 Å². The molecule has 0 fully saturated rings. The van der Waals surface area contributed by atoms with Gasteiger partial charge in [-0.25, -0.2) is 18.4 Å². The largest absolute Gasteiger partial charge is 0.421 e. The van der Waals surface area contributed by atoms with Crippen LogP contribution < -0.4 is 20.7 Å². The van der Waals surface area contributed by atoms with Crippen LogP contribution in [-0.4, -0.2) is 52.8 Å². The first kappa shape index (κ1) is 29.6. The summed E-state index contributed by atoms with van der Waals surface area (Å²) in [6, 6.07) is 8.78. The van der Waals surface area contributed by atoms with Crippen molar-refractivity contribution in [3.63, 3.8) is 0 Å². The molecule has 0 aliphatic rings. The van der Waals surface area contributed by atoms with Gasteiger partial charge in [-0.2, -0.15) is 18.2 Å². The van der Waals surface area contributed by atoms with Gasteiger partial charge in [0.25, 0.3) is 5.91 Å². The molecule has 39 heavy (non-hydrogen) atoms. The van der Waals surface area contributed by atoms with E-state index in [1.54, 1.807) is 18.2 Å². The number of nitrogens with zero attached hydrogens (tertiary/aromatic N) is 3. The fraction of sp³-hybridized carbons (Fsp3) is 0.333. The Morgan fingerprint density at radius 2 is 1.87 bits per heavy atom.